The SMILES string of the molecule is O=c1c2cc3c(cc2c2cc4c5ccccc5n(-c5ccccc5)c4cc2n1-c1cccc(-c2ccccc2)c1)c1ccccc1n3-c1ccccc1. The van der Waals surface area contributed by atoms with Gasteiger partial charge in [-0.05, 0) is 89.3 Å². The fourth-order valence-electron chi connectivity index (χ4n) is 8.47. The van der Waals surface area contributed by atoms with E-state index in [0.29, 0.717) is 5.39 Å². The fraction of sp³-hybridized carbons (Fsp3) is 0. The molecule has 0 bridgehead atoms. The molecule has 0 saturated heterocycles. The molecule has 8 aromatic carbocycles. The summed E-state index contributed by atoms with van der Waals surface area (Å²) >= 11 is 0. The van der Waals surface area contributed by atoms with Gasteiger partial charge in [-0.3, -0.25) is 9.36 Å². The Balaban J connectivity index is 1.33. The van der Waals surface area contributed by atoms with Crippen LogP contribution in [-0.4, -0.2) is 13.7 Å². The Labute approximate surface area is 304 Å². The minimum absolute atomic E-state index is 0.0498. The molecular weight excluding hydrogens is 647 g/mol. The number of fused-ring (bicyclic) bond motifs is 9. The summed E-state index contributed by atoms with van der Waals surface area (Å²) in [5, 5.41) is 7.26. The number of aromatic nitrogens is 3. The van der Waals surface area contributed by atoms with Gasteiger partial charge in [0, 0.05) is 44.0 Å². The van der Waals surface area contributed by atoms with Crippen molar-refractivity contribution >= 4 is 65.3 Å². The van der Waals surface area contributed by atoms with Crippen molar-refractivity contribution in [2.75, 3.05) is 0 Å². The smallest absolute Gasteiger partial charge is 0.263 e. The summed E-state index contributed by atoms with van der Waals surface area (Å²) < 4.78 is 6.53. The van der Waals surface area contributed by atoms with E-state index >= 15 is 4.79 Å². The Morgan fingerprint density at radius 2 is 0.717 bits per heavy atom. The van der Waals surface area contributed by atoms with Crippen LogP contribution >= 0.6 is 0 Å². The number of pyridine rings is 1. The molecule has 11 rings (SSSR count). The third kappa shape index (κ3) is 4.39. The van der Waals surface area contributed by atoms with Gasteiger partial charge in [0.05, 0.1) is 33.0 Å². The lowest BCUT2D eigenvalue weighted by atomic mass is 10.00. The molecule has 0 fully saturated rings. The summed E-state index contributed by atoms with van der Waals surface area (Å²) in [4.78, 5) is 15.3. The molecule has 3 aromatic heterocycles. The van der Waals surface area contributed by atoms with E-state index in [2.05, 4.69) is 179 Å². The first-order chi connectivity index (χ1) is 26.2. The number of rotatable bonds is 4. The third-order valence-electron chi connectivity index (χ3n) is 10.8. The molecule has 0 amide bonds. The molecule has 0 aliphatic rings. The average Bonchev–Trinajstić information content (AvgIpc) is 3.73. The van der Waals surface area contributed by atoms with Crippen LogP contribution < -0.4 is 5.56 Å². The second-order valence-electron chi connectivity index (χ2n) is 13.7. The van der Waals surface area contributed by atoms with Crippen molar-refractivity contribution in [1.29, 1.82) is 0 Å². The van der Waals surface area contributed by atoms with E-state index in [1.807, 2.05) is 22.8 Å². The predicted octanol–water partition coefficient (Wildman–Crippen LogP) is 12.0. The van der Waals surface area contributed by atoms with E-state index in [1.54, 1.807) is 0 Å². The Morgan fingerprint density at radius 3 is 1.34 bits per heavy atom. The van der Waals surface area contributed by atoms with Crippen molar-refractivity contribution in [3.63, 3.8) is 0 Å². The highest BCUT2D eigenvalue weighted by Gasteiger charge is 2.21. The van der Waals surface area contributed by atoms with Crippen LogP contribution in [0.4, 0.5) is 0 Å². The number of para-hydroxylation sites is 4. The van der Waals surface area contributed by atoms with Crippen molar-refractivity contribution in [3.8, 4) is 28.2 Å². The molecule has 0 radical (unpaired) electrons. The standard InChI is InChI=1S/C49H31N3O/c53-49-43-30-46-40(37-23-10-12-25-44(37)50(46)34-18-6-2-7-19-34)28-39(43)42-29-41-38-24-11-13-26-45(38)51(35-20-8-3-9-21-35)47(41)31-48(42)52(49)36-22-14-17-33(27-36)32-15-4-1-5-16-32/h1-31H. The number of hydrogen-bond acceptors (Lipinski definition) is 1. The molecule has 248 valence electrons. The summed E-state index contributed by atoms with van der Waals surface area (Å²) in [6, 6.07) is 65.7. The van der Waals surface area contributed by atoms with Gasteiger partial charge >= 0.3 is 0 Å². The molecular formula is C49H31N3O. The van der Waals surface area contributed by atoms with Gasteiger partial charge in [0.1, 0.15) is 0 Å². The van der Waals surface area contributed by atoms with Crippen LogP contribution in [0.1, 0.15) is 0 Å². The Bertz CT molecular complexity index is 3280. The molecule has 0 saturated carbocycles. The molecule has 4 heteroatoms. The molecule has 53 heavy (non-hydrogen) atoms. The van der Waals surface area contributed by atoms with Crippen molar-refractivity contribution in [3.05, 3.63) is 198 Å². The summed E-state index contributed by atoms with van der Waals surface area (Å²) in [5.41, 5.74) is 10.2. The molecule has 3 heterocycles. The average molecular weight is 678 g/mol. The van der Waals surface area contributed by atoms with Gasteiger partial charge in [-0.25, -0.2) is 0 Å². The first-order valence-electron chi connectivity index (χ1n) is 18.0. The molecule has 4 nitrogen and oxygen atoms in total. The first-order valence-corrected chi connectivity index (χ1v) is 18.0. The van der Waals surface area contributed by atoms with Crippen LogP contribution in [0.25, 0.3) is 93.5 Å². The maximum atomic E-state index is 15.3. The van der Waals surface area contributed by atoms with E-state index in [9.17, 15) is 0 Å². The van der Waals surface area contributed by atoms with Crippen molar-refractivity contribution in [2.24, 2.45) is 0 Å². The maximum Gasteiger partial charge on any atom is 0.263 e. The zero-order valence-electron chi connectivity index (χ0n) is 28.6. The van der Waals surface area contributed by atoms with Crippen LogP contribution in [-0.2, 0) is 0 Å². The third-order valence-corrected chi connectivity index (χ3v) is 10.8. The summed E-state index contributed by atoms with van der Waals surface area (Å²) in [5.74, 6) is 0. The number of benzene rings is 8. The highest BCUT2D eigenvalue weighted by Crippen LogP contribution is 2.40. The highest BCUT2D eigenvalue weighted by molar-refractivity contribution is 6.21. The first kappa shape index (κ1) is 29.5. The van der Waals surface area contributed by atoms with Gasteiger partial charge in [0.25, 0.3) is 5.56 Å². The molecule has 0 unspecified atom stereocenters. The monoisotopic (exact) mass is 677 g/mol. The number of nitrogens with zero attached hydrogens (tertiary/aromatic N) is 3. The minimum atomic E-state index is -0.0498. The van der Waals surface area contributed by atoms with Crippen molar-refractivity contribution in [2.45, 2.75) is 0 Å². The number of hydrogen-bond donors (Lipinski definition) is 0. The lowest BCUT2D eigenvalue weighted by Crippen LogP contribution is -2.19. The van der Waals surface area contributed by atoms with Crippen LogP contribution in [0.3, 0.4) is 0 Å². The fourth-order valence-corrected chi connectivity index (χ4v) is 8.47. The topological polar surface area (TPSA) is 31.9 Å². The van der Waals surface area contributed by atoms with Gasteiger partial charge in [0.2, 0.25) is 0 Å². The van der Waals surface area contributed by atoms with E-state index in [4.69, 9.17) is 0 Å². The molecule has 0 N–H and O–H groups in total. The summed E-state index contributed by atoms with van der Waals surface area (Å²) in [7, 11) is 0. The highest BCUT2D eigenvalue weighted by atomic mass is 16.1. The Morgan fingerprint density at radius 1 is 0.264 bits per heavy atom. The van der Waals surface area contributed by atoms with Gasteiger partial charge in [-0.15, -0.1) is 0 Å². The van der Waals surface area contributed by atoms with E-state index in [-0.39, 0.29) is 5.56 Å². The van der Waals surface area contributed by atoms with Crippen LogP contribution in [0, 0.1) is 0 Å². The Kier molecular flexibility index (Phi) is 6.37. The second kappa shape index (κ2) is 11.4. The summed E-state index contributed by atoms with van der Waals surface area (Å²) in [6.45, 7) is 0. The normalized spacial score (nSPS) is 11.8. The van der Waals surface area contributed by atoms with Gasteiger partial charge in [0.15, 0.2) is 0 Å². The predicted molar refractivity (Wildman–Crippen MR) is 221 cm³/mol. The van der Waals surface area contributed by atoms with Gasteiger partial charge < -0.3 is 9.13 Å². The van der Waals surface area contributed by atoms with E-state index in [1.165, 1.54) is 5.39 Å². The largest absolute Gasteiger partial charge is 0.309 e. The Hall–Kier alpha value is -7.17. The molecule has 0 aliphatic carbocycles. The zero-order valence-corrected chi connectivity index (χ0v) is 28.6. The quantitative estimate of drug-likeness (QED) is 0.171. The molecule has 0 atom stereocenters. The van der Waals surface area contributed by atoms with Crippen LogP contribution in [0.5, 0.6) is 0 Å². The van der Waals surface area contributed by atoms with Crippen molar-refractivity contribution in [1.82, 2.24) is 13.7 Å². The van der Waals surface area contributed by atoms with Crippen LogP contribution in [0.15, 0.2) is 193 Å². The minimum Gasteiger partial charge on any atom is -0.309 e. The lowest BCUT2D eigenvalue weighted by Gasteiger charge is -2.16. The van der Waals surface area contributed by atoms with Crippen LogP contribution in [0.2, 0.25) is 0 Å². The second-order valence-corrected chi connectivity index (χ2v) is 13.7. The maximum absolute atomic E-state index is 15.3. The zero-order chi connectivity index (χ0) is 35.0. The molecule has 0 aliphatic heterocycles. The van der Waals surface area contributed by atoms with Gasteiger partial charge in [-0.2, -0.15) is 0 Å². The van der Waals surface area contributed by atoms with E-state index < -0.39 is 0 Å². The molecule has 11 aromatic rings. The molecule has 0 spiro atoms. The lowest BCUT2D eigenvalue weighted by molar-refractivity contribution is 1.06. The van der Waals surface area contributed by atoms with Crippen molar-refractivity contribution < 1.29 is 0 Å². The van der Waals surface area contributed by atoms with E-state index in [0.717, 1.165) is 82.7 Å². The summed E-state index contributed by atoms with van der Waals surface area (Å²) in [6.07, 6.45) is 0. The van der Waals surface area contributed by atoms with Gasteiger partial charge in [-0.1, -0.05) is 115 Å².